The first-order valence-corrected chi connectivity index (χ1v) is 16.0. The van der Waals surface area contributed by atoms with E-state index in [1.54, 1.807) is 63.4 Å². The summed E-state index contributed by atoms with van der Waals surface area (Å²) in [6.07, 6.45) is 1.77. The zero-order valence-corrected chi connectivity index (χ0v) is 28.2. The number of thiazole rings is 1. The molecule has 4 aromatic rings. The first-order valence-electron chi connectivity index (χ1n) is 14.4. The van der Waals surface area contributed by atoms with Crippen molar-refractivity contribution in [2.24, 2.45) is 4.99 Å². The Hall–Kier alpha value is -4.25. The maximum atomic E-state index is 14.1. The molecule has 0 bridgehead atoms. The fraction of sp³-hybridized carbons (Fsp3) is 0.265. The van der Waals surface area contributed by atoms with E-state index in [9.17, 15) is 9.59 Å². The van der Waals surface area contributed by atoms with Gasteiger partial charge >= 0.3 is 5.97 Å². The number of hydrogen-bond donors (Lipinski definition) is 0. The largest absolute Gasteiger partial charge is 0.493 e. The molecule has 12 heteroatoms. The molecule has 0 N–H and O–H groups in total. The second-order valence-electron chi connectivity index (χ2n) is 10.1. The van der Waals surface area contributed by atoms with E-state index >= 15 is 0 Å². The Morgan fingerprint density at radius 3 is 2.39 bits per heavy atom. The molecule has 1 unspecified atom stereocenters. The summed E-state index contributed by atoms with van der Waals surface area (Å²) in [6, 6.07) is 15.1. The van der Waals surface area contributed by atoms with Crippen LogP contribution in [0.15, 0.2) is 75.7 Å². The van der Waals surface area contributed by atoms with E-state index in [-0.39, 0.29) is 24.3 Å². The van der Waals surface area contributed by atoms with Crippen LogP contribution in [-0.4, -0.2) is 38.0 Å². The van der Waals surface area contributed by atoms with Crippen molar-refractivity contribution in [2.75, 3.05) is 27.4 Å². The van der Waals surface area contributed by atoms with Gasteiger partial charge in [-0.3, -0.25) is 9.36 Å². The van der Waals surface area contributed by atoms with Gasteiger partial charge in [0.2, 0.25) is 0 Å². The van der Waals surface area contributed by atoms with Gasteiger partial charge in [0.15, 0.2) is 27.8 Å². The van der Waals surface area contributed by atoms with Crippen LogP contribution in [0.5, 0.6) is 23.0 Å². The Bertz CT molecular complexity index is 2000. The monoisotopic (exact) mass is 682 g/mol. The molecule has 3 aromatic carbocycles. The SMILES string of the molecule is CCOC(=O)C1=C(C)N=c2s/c(=C\c3ccc(OCc4ccc(Cl)cc4Cl)c(OCC)c3)c(=O)n2C1c1ccc(OC)c(OC)c1. The topological polar surface area (TPSA) is 97.6 Å². The summed E-state index contributed by atoms with van der Waals surface area (Å²) in [5, 5.41) is 1.05. The average molecular weight is 684 g/mol. The number of methoxy groups -OCH3 is 2. The van der Waals surface area contributed by atoms with Gasteiger partial charge in [-0.2, -0.15) is 0 Å². The molecule has 240 valence electrons. The Morgan fingerprint density at radius 2 is 1.70 bits per heavy atom. The lowest BCUT2D eigenvalue weighted by molar-refractivity contribution is -0.139. The van der Waals surface area contributed by atoms with Gasteiger partial charge in [0, 0.05) is 15.6 Å². The van der Waals surface area contributed by atoms with Crippen molar-refractivity contribution >= 4 is 46.6 Å². The molecule has 0 spiro atoms. The third kappa shape index (κ3) is 6.79. The number of esters is 1. The van der Waals surface area contributed by atoms with Gasteiger partial charge in [0.25, 0.3) is 5.56 Å². The minimum atomic E-state index is -0.799. The van der Waals surface area contributed by atoms with Crippen LogP contribution >= 0.6 is 34.5 Å². The molecule has 46 heavy (non-hydrogen) atoms. The fourth-order valence-corrected chi connectivity index (χ4v) is 6.59. The summed E-state index contributed by atoms with van der Waals surface area (Å²) in [5.74, 6) is 1.47. The molecule has 2 heterocycles. The summed E-state index contributed by atoms with van der Waals surface area (Å²) in [4.78, 5) is 32.4. The van der Waals surface area contributed by atoms with Gasteiger partial charge in [-0.05, 0) is 74.4 Å². The van der Waals surface area contributed by atoms with Crippen molar-refractivity contribution in [3.05, 3.63) is 112 Å². The van der Waals surface area contributed by atoms with Crippen LogP contribution in [-0.2, 0) is 16.1 Å². The maximum absolute atomic E-state index is 14.1. The number of halogens is 2. The van der Waals surface area contributed by atoms with E-state index < -0.39 is 12.0 Å². The molecule has 0 radical (unpaired) electrons. The molecule has 1 aliphatic rings. The van der Waals surface area contributed by atoms with Crippen molar-refractivity contribution in [1.82, 2.24) is 4.57 Å². The molecule has 1 atom stereocenters. The number of carbonyl (C=O) groups excluding carboxylic acids is 1. The minimum Gasteiger partial charge on any atom is -0.493 e. The summed E-state index contributed by atoms with van der Waals surface area (Å²) in [5.41, 5.74) is 2.56. The van der Waals surface area contributed by atoms with Crippen LogP contribution in [0, 0.1) is 0 Å². The van der Waals surface area contributed by atoms with E-state index in [2.05, 4.69) is 4.99 Å². The summed E-state index contributed by atoms with van der Waals surface area (Å²) < 4.78 is 30.2. The highest BCUT2D eigenvalue weighted by Gasteiger charge is 2.34. The number of nitrogens with zero attached hydrogens (tertiary/aromatic N) is 2. The van der Waals surface area contributed by atoms with E-state index in [0.717, 1.165) is 11.1 Å². The van der Waals surface area contributed by atoms with Crippen LogP contribution in [0.3, 0.4) is 0 Å². The Morgan fingerprint density at radius 1 is 0.935 bits per heavy atom. The van der Waals surface area contributed by atoms with Crippen LogP contribution in [0.4, 0.5) is 0 Å². The van der Waals surface area contributed by atoms with Gasteiger partial charge < -0.3 is 23.7 Å². The highest BCUT2D eigenvalue weighted by Crippen LogP contribution is 2.36. The third-order valence-corrected chi connectivity index (χ3v) is 8.77. The van der Waals surface area contributed by atoms with Crippen molar-refractivity contribution in [3.63, 3.8) is 0 Å². The van der Waals surface area contributed by atoms with Crippen LogP contribution < -0.4 is 33.8 Å². The predicted octanol–water partition coefficient (Wildman–Crippen LogP) is 6.10. The lowest BCUT2D eigenvalue weighted by Crippen LogP contribution is -2.39. The standard InChI is InChI=1S/C34H32Cl2N2O7S/c1-6-43-28-14-20(8-12-26(28)45-18-22-9-11-23(35)17-24(22)36)15-29-32(39)38-31(21-10-13-25(41-4)27(16-21)42-5)30(33(40)44-7-2)19(3)37-34(38)46-29/h8-17,31H,6-7,18H2,1-5H3/b29-15-. The van der Waals surface area contributed by atoms with Crippen molar-refractivity contribution in [2.45, 2.75) is 33.4 Å². The number of aromatic nitrogens is 1. The van der Waals surface area contributed by atoms with Crippen LogP contribution in [0.25, 0.3) is 6.08 Å². The highest BCUT2D eigenvalue weighted by molar-refractivity contribution is 7.07. The minimum absolute atomic E-state index is 0.174. The molecular formula is C34H32Cl2N2O7S. The number of allylic oxidation sites excluding steroid dienone is 1. The zero-order valence-electron chi connectivity index (χ0n) is 25.9. The molecule has 5 rings (SSSR count). The summed E-state index contributed by atoms with van der Waals surface area (Å²) >= 11 is 13.6. The van der Waals surface area contributed by atoms with Gasteiger partial charge in [0.05, 0.1) is 49.3 Å². The van der Waals surface area contributed by atoms with Crippen molar-refractivity contribution in [3.8, 4) is 23.0 Å². The van der Waals surface area contributed by atoms with Gasteiger partial charge in [0.1, 0.15) is 6.61 Å². The molecule has 0 fully saturated rings. The molecule has 1 aromatic heterocycles. The normalized spacial score (nSPS) is 14.4. The van der Waals surface area contributed by atoms with E-state index in [1.165, 1.54) is 23.0 Å². The number of benzene rings is 3. The lowest BCUT2D eigenvalue weighted by atomic mass is 9.95. The van der Waals surface area contributed by atoms with Gasteiger partial charge in [-0.25, -0.2) is 9.79 Å². The Balaban J connectivity index is 1.57. The quantitative estimate of drug-likeness (QED) is 0.176. The molecule has 0 saturated carbocycles. The molecule has 0 saturated heterocycles. The number of fused-ring (bicyclic) bond motifs is 1. The second kappa shape index (κ2) is 14.5. The van der Waals surface area contributed by atoms with Crippen LogP contribution in [0.1, 0.15) is 43.5 Å². The van der Waals surface area contributed by atoms with E-state index in [0.29, 0.717) is 60.2 Å². The maximum Gasteiger partial charge on any atom is 0.338 e. The molecule has 0 amide bonds. The summed E-state index contributed by atoms with van der Waals surface area (Å²) in [7, 11) is 3.07. The van der Waals surface area contributed by atoms with Crippen molar-refractivity contribution < 1.29 is 28.5 Å². The molecule has 0 aliphatic carbocycles. The zero-order chi connectivity index (χ0) is 33.0. The van der Waals surface area contributed by atoms with E-state index in [4.69, 9.17) is 46.9 Å². The third-order valence-electron chi connectivity index (χ3n) is 7.20. The van der Waals surface area contributed by atoms with Crippen molar-refractivity contribution in [1.29, 1.82) is 0 Å². The average Bonchev–Trinajstić information content (AvgIpc) is 3.34. The molecule has 1 aliphatic heterocycles. The predicted molar refractivity (Wildman–Crippen MR) is 178 cm³/mol. The second-order valence-corrected chi connectivity index (χ2v) is 11.9. The lowest BCUT2D eigenvalue weighted by Gasteiger charge is -2.25. The highest BCUT2D eigenvalue weighted by atomic mass is 35.5. The smallest absolute Gasteiger partial charge is 0.338 e. The first-order chi connectivity index (χ1) is 22.2. The summed E-state index contributed by atoms with van der Waals surface area (Å²) in [6.45, 7) is 6.14. The number of ether oxygens (including phenoxy) is 5. The number of hydrogen-bond acceptors (Lipinski definition) is 9. The Labute approximate surface area is 279 Å². The number of carbonyl (C=O) groups is 1. The fourth-order valence-electron chi connectivity index (χ4n) is 5.08. The Kier molecular flexibility index (Phi) is 10.4. The van der Waals surface area contributed by atoms with Gasteiger partial charge in [-0.15, -0.1) is 0 Å². The molecular weight excluding hydrogens is 651 g/mol. The first kappa shape index (κ1) is 33.1. The molecule has 9 nitrogen and oxygen atoms in total. The van der Waals surface area contributed by atoms with E-state index in [1.807, 2.05) is 25.1 Å². The van der Waals surface area contributed by atoms with Crippen LogP contribution in [0.2, 0.25) is 10.0 Å². The number of rotatable bonds is 11. The van der Waals surface area contributed by atoms with Gasteiger partial charge in [-0.1, -0.05) is 52.7 Å².